The average Bonchev–Trinajstić information content (AvgIpc) is 2.78. The van der Waals surface area contributed by atoms with Gasteiger partial charge in [0.25, 0.3) is 5.56 Å². The Morgan fingerprint density at radius 3 is 2.66 bits per heavy atom. The molecule has 8 nitrogen and oxygen atoms in total. The monoisotopic (exact) mass is 394 g/mol. The summed E-state index contributed by atoms with van der Waals surface area (Å²) in [5.41, 5.74) is 2.83. The van der Waals surface area contributed by atoms with E-state index in [0.29, 0.717) is 42.4 Å². The zero-order valence-corrected chi connectivity index (χ0v) is 16.7. The van der Waals surface area contributed by atoms with E-state index in [-0.39, 0.29) is 5.56 Å². The standard InChI is InChI=1S/C21H26N6O2/c1-29-14-13-27-19-18(15-23-21(25-19)26-11-9-22-10-12-26)24-17(20(27)28)8-7-16-5-3-2-4-6-16/h2-6,15,22H,7-14H2,1H3. The number of fused-ring (bicyclic) bond motifs is 1. The molecule has 0 amide bonds. The minimum atomic E-state index is -0.101. The van der Waals surface area contributed by atoms with Crippen LogP contribution in [0.25, 0.3) is 11.2 Å². The first-order valence-corrected chi connectivity index (χ1v) is 10.0. The molecule has 2 aromatic heterocycles. The van der Waals surface area contributed by atoms with Gasteiger partial charge in [-0.15, -0.1) is 0 Å². The number of hydrogen-bond donors (Lipinski definition) is 1. The zero-order chi connectivity index (χ0) is 20.1. The van der Waals surface area contributed by atoms with Crippen molar-refractivity contribution in [2.75, 3.05) is 44.8 Å². The average molecular weight is 394 g/mol. The van der Waals surface area contributed by atoms with Crippen LogP contribution in [-0.4, -0.2) is 59.4 Å². The van der Waals surface area contributed by atoms with Crippen molar-refractivity contribution >= 4 is 17.1 Å². The minimum absolute atomic E-state index is 0.101. The third kappa shape index (κ3) is 4.44. The molecule has 0 bridgehead atoms. The summed E-state index contributed by atoms with van der Waals surface area (Å²) in [6, 6.07) is 10.1. The molecule has 1 aromatic carbocycles. The van der Waals surface area contributed by atoms with Gasteiger partial charge in [-0.1, -0.05) is 30.3 Å². The number of ether oxygens (including phenoxy) is 1. The number of aromatic nitrogens is 4. The highest BCUT2D eigenvalue weighted by molar-refractivity contribution is 5.70. The number of methoxy groups -OCH3 is 1. The van der Waals surface area contributed by atoms with Gasteiger partial charge in [0.15, 0.2) is 5.65 Å². The topological polar surface area (TPSA) is 85.2 Å². The largest absolute Gasteiger partial charge is 0.383 e. The quantitative estimate of drug-likeness (QED) is 0.641. The predicted molar refractivity (Wildman–Crippen MR) is 112 cm³/mol. The molecule has 0 unspecified atom stereocenters. The highest BCUT2D eigenvalue weighted by Crippen LogP contribution is 2.14. The molecular formula is C21H26N6O2. The molecule has 152 valence electrons. The normalized spacial score (nSPS) is 14.4. The first-order valence-electron chi connectivity index (χ1n) is 10.0. The number of nitrogens with zero attached hydrogens (tertiary/aromatic N) is 5. The molecule has 0 aliphatic carbocycles. The third-order valence-corrected chi connectivity index (χ3v) is 5.15. The van der Waals surface area contributed by atoms with Gasteiger partial charge in [-0.2, -0.15) is 4.98 Å². The van der Waals surface area contributed by atoms with E-state index >= 15 is 0 Å². The first-order chi connectivity index (χ1) is 14.3. The van der Waals surface area contributed by atoms with Gasteiger partial charge in [0.1, 0.15) is 11.2 Å². The maximum Gasteiger partial charge on any atom is 0.273 e. The number of piperazine rings is 1. The van der Waals surface area contributed by atoms with Crippen LogP contribution in [0, 0.1) is 0 Å². The van der Waals surface area contributed by atoms with E-state index in [9.17, 15) is 4.79 Å². The lowest BCUT2D eigenvalue weighted by Crippen LogP contribution is -2.44. The van der Waals surface area contributed by atoms with Gasteiger partial charge in [0.05, 0.1) is 19.3 Å². The second kappa shape index (κ2) is 9.11. The number of hydrogen-bond acceptors (Lipinski definition) is 7. The summed E-state index contributed by atoms with van der Waals surface area (Å²) >= 11 is 0. The Labute approximate surface area is 169 Å². The summed E-state index contributed by atoms with van der Waals surface area (Å²) in [5.74, 6) is 0.642. The molecule has 1 aliphatic heterocycles. The highest BCUT2D eigenvalue weighted by atomic mass is 16.5. The highest BCUT2D eigenvalue weighted by Gasteiger charge is 2.17. The molecular weight excluding hydrogens is 368 g/mol. The van der Waals surface area contributed by atoms with E-state index in [2.05, 4.69) is 32.3 Å². The third-order valence-electron chi connectivity index (χ3n) is 5.15. The molecule has 8 heteroatoms. The Kier molecular flexibility index (Phi) is 6.12. The lowest BCUT2D eigenvalue weighted by atomic mass is 10.1. The SMILES string of the molecule is COCCn1c(=O)c(CCc2ccccc2)nc2cnc(N3CCNCC3)nc21. The molecule has 3 heterocycles. The number of rotatable bonds is 7. The summed E-state index contributed by atoms with van der Waals surface area (Å²) in [7, 11) is 1.63. The van der Waals surface area contributed by atoms with Gasteiger partial charge >= 0.3 is 0 Å². The Morgan fingerprint density at radius 2 is 1.90 bits per heavy atom. The molecule has 0 saturated carbocycles. The van der Waals surface area contributed by atoms with Gasteiger partial charge in [0.2, 0.25) is 5.95 Å². The van der Waals surface area contributed by atoms with Crippen molar-refractivity contribution < 1.29 is 4.74 Å². The van der Waals surface area contributed by atoms with Gasteiger partial charge in [0, 0.05) is 33.3 Å². The molecule has 1 N–H and O–H groups in total. The lowest BCUT2D eigenvalue weighted by Gasteiger charge is -2.27. The van der Waals surface area contributed by atoms with Crippen molar-refractivity contribution in [2.45, 2.75) is 19.4 Å². The predicted octanol–water partition coefficient (Wildman–Crippen LogP) is 1.03. The lowest BCUT2D eigenvalue weighted by molar-refractivity contribution is 0.187. The Hall–Kier alpha value is -2.84. The van der Waals surface area contributed by atoms with E-state index in [4.69, 9.17) is 9.72 Å². The van der Waals surface area contributed by atoms with Crippen LogP contribution in [0.2, 0.25) is 0 Å². The molecule has 0 radical (unpaired) electrons. The van der Waals surface area contributed by atoms with Crippen molar-refractivity contribution in [1.29, 1.82) is 0 Å². The Morgan fingerprint density at radius 1 is 1.10 bits per heavy atom. The van der Waals surface area contributed by atoms with Crippen molar-refractivity contribution in [3.63, 3.8) is 0 Å². The molecule has 0 spiro atoms. The Balaban J connectivity index is 1.70. The molecule has 3 aromatic rings. The van der Waals surface area contributed by atoms with E-state index in [1.54, 1.807) is 17.9 Å². The van der Waals surface area contributed by atoms with Crippen molar-refractivity contribution in [3.05, 3.63) is 58.1 Å². The first kappa shape index (κ1) is 19.5. The summed E-state index contributed by atoms with van der Waals surface area (Å²) in [5, 5.41) is 3.32. The number of aryl methyl sites for hydroxylation is 2. The second-order valence-electron chi connectivity index (χ2n) is 7.11. The summed E-state index contributed by atoms with van der Waals surface area (Å²) in [6.45, 7) is 4.35. The molecule has 1 fully saturated rings. The van der Waals surface area contributed by atoms with Gasteiger partial charge in [-0.05, 0) is 18.4 Å². The van der Waals surface area contributed by atoms with Crippen LogP contribution in [0.3, 0.4) is 0 Å². The van der Waals surface area contributed by atoms with Crippen molar-refractivity contribution in [2.24, 2.45) is 0 Å². The van der Waals surface area contributed by atoms with Crippen LogP contribution >= 0.6 is 0 Å². The molecule has 29 heavy (non-hydrogen) atoms. The van der Waals surface area contributed by atoms with E-state index in [1.807, 2.05) is 18.2 Å². The number of nitrogens with one attached hydrogen (secondary N) is 1. The summed E-state index contributed by atoms with van der Waals surface area (Å²) in [6.07, 6.45) is 3.07. The smallest absolute Gasteiger partial charge is 0.273 e. The fraction of sp³-hybridized carbons (Fsp3) is 0.429. The fourth-order valence-corrected chi connectivity index (χ4v) is 3.56. The summed E-state index contributed by atoms with van der Waals surface area (Å²) < 4.78 is 6.90. The fourth-order valence-electron chi connectivity index (χ4n) is 3.56. The molecule has 4 rings (SSSR count). The maximum atomic E-state index is 13.2. The van der Waals surface area contributed by atoms with Crippen LogP contribution in [0.15, 0.2) is 41.3 Å². The van der Waals surface area contributed by atoms with E-state index in [1.165, 1.54) is 5.56 Å². The van der Waals surface area contributed by atoms with Crippen LogP contribution in [0.5, 0.6) is 0 Å². The van der Waals surface area contributed by atoms with E-state index in [0.717, 1.165) is 32.6 Å². The Bertz CT molecular complexity index is 1010. The minimum Gasteiger partial charge on any atom is -0.383 e. The van der Waals surface area contributed by atoms with Crippen molar-refractivity contribution in [1.82, 2.24) is 24.8 Å². The molecule has 0 atom stereocenters. The van der Waals surface area contributed by atoms with Gasteiger partial charge in [-0.25, -0.2) is 9.97 Å². The second-order valence-corrected chi connectivity index (χ2v) is 7.11. The van der Waals surface area contributed by atoms with Crippen LogP contribution in [-0.2, 0) is 24.1 Å². The molecule has 1 saturated heterocycles. The van der Waals surface area contributed by atoms with Crippen LogP contribution in [0.4, 0.5) is 5.95 Å². The van der Waals surface area contributed by atoms with Crippen molar-refractivity contribution in [3.8, 4) is 0 Å². The zero-order valence-electron chi connectivity index (χ0n) is 16.7. The number of benzene rings is 1. The maximum absolute atomic E-state index is 13.2. The van der Waals surface area contributed by atoms with Gasteiger partial charge < -0.3 is 15.0 Å². The number of anilines is 1. The van der Waals surface area contributed by atoms with Crippen LogP contribution in [0.1, 0.15) is 11.3 Å². The van der Waals surface area contributed by atoms with E-state index < -0.39 is 0 Å². The molecule has 1 aliphatic rings. The van der Waals surface area contributed by atoms with Gasteiger partial charge in [-0.3, -0.25) is 9.36 Å². The summed E-state index contributed by atoms with van der Waals surface area (Å²) in [4.78, 5) is 29.1. The van der Waals surface area contributed by atoms with Crippen LogP contribution < -0.4 is 15.8 Å².